The van der Waals surface area contributed by atoms with Crippen LogP contribution in [-0.4, -0.2) is 33.0 Å². The van der Waals surface area contributed by atoms with Crippen molar-refractivity contribution in [2.24, 2.45) is 5.73 Å². The number of benzene rings is 3. The number of carbonyl (C=O) groups is 1. The van der Waals surface area contributed by atoms with Crippen LogP contribution < -0.4 is 5.73 Å². The van der Waals surface area contributed by atoms with E-state index in [2.05, 4.69) is 15.2 Å². The SMILES string of the molecule is Cc1csc(CN(C)C(=O)c2cccc(-c3nnc(C(N)(CC=Cc4ccccc4)Cc4ccccc4)o3)c2)n1. The minimum absolute atomic E-state index is 0.113. The number of thiazole rings is 1. The number of nitrogens with two attached hydrogens (primary N) is 1. The zero-order valence-corrected chi connectivity index (χ0v) is 23.3. The summed E-state index contributed by atoms with van der Waals surface area (Å²) in [5.74, 6) is 0.549. The average Bonchev–Trinajstić information content (AvgIpc) is 3.64. The van der Waals surface area contributed by atoms with Gasteiger partial charge >= 0.3 is 0 Å². The van der Waals surface area contributed by atoms with Gasteiger partial charge in [0.25, 0.3) is 5.91 Å². The Morgan fingerprint density at radius 1 is 1.02 bits per heavy atom. The molecular weight excluding hydrogens is 518 g/mol. The van der Waals surface area contributed by atoms with Crippen LogP contribution in [0.4, 0.5) is 0 Å². The third-order valence-electron chi connectivity index (χ3n) is 6.55. The molecule has 2 aromatic heterocycles. The molecule has 7 nitrogen and oxygen atoms in total. The predicted octanol–water partition coefficient (Wildman–Crippen LogP) is 6.27. The smallest absolute Gasteiger partial charge is 0.253 e. The molecule has 1 unspecified atom stereocenters. The summed E-state index contributed by atoms with van der Waals surface area (Å²) in [4.78, 5) is 19.3. The Bertz CT molecular complexity index is 1600. The molecule has 0 bridgehead atoms. The largest absolute Gasteiger partial charge is 0.419 e. The van der Waals surface area contributed by atoms with Crippen molar-refractivity contribution in [3.63, 3.8) is 0 Å². The number of rotatable bonds is 10. The summed E-state index contributed by atoms with van der Waals surface area (Å²) in [5, 5.41) is 11.6. The number of carbonyl (C=O) groups excluding carboxylic acids is 1. The van der Waals surface area contributed by atoms with E-state index in [-0.39, 0.29) is 5.91 Å². The van der Waals surface area contributed by atoms with Gasteiger partial charge in [-0.05, 0) is 49.1 Å². The van der Waals surface area contributed by atoms with E-state index in [1.807, 2.05) is 97.3 Å². The Balaban J connectivity index is 1.38. The van der Waals surface area contributed by atoms with Crippen molar-refractivity contribution in [3.05, 3.63) is 130 Å². The number of nitrogens with zero attached hydrogens (tertiary/aromatic N) is 4. The van der Waals surface area contributed by atoms with Crippen molar-refractivity contribution < 1.29 is 9.21 Å². The Hall–Kier alpha value is -4.40. The molecule has 202 valence electrons. The Kier molecular flexibility index (Phi) is 8.28. The van der Waals surface area contributed by atoms with Gasteiger partial charge in [0.05, 0.1) is 6.54 Å². The van der Waals surface area contributed by atoms with Crippen LogP contribution in [-0.2, 0) is 18.5 Å². The van der Waals surface area contributed by atoms with E-state index in [0.717, 1.165) is 21.8 Å². The van der Waals surface area contributed by atoms with Crippen molar-refractivity contribution in [1.29, 1.82) is 0 Å². The first-order chi connectivity index (χ1) is 19.4. The van der Waals surface area contributed by atoms with Gasteiger partial charge in [-0.25, -0.2) is 4.98 Å². The normalized spacial score (nSPS) is 12.9. The maximum absolute atomic E-state index is 13.2. The molecule has 3 aromatic carbocycles. The summed E-state index contributed by atoms with van der Waals surface area (Å²) in [6.45, 7) is 2.39. The van der Waals surface area contributed by atoms with E-state index in [9.17, 15) is 4.79 Å². The Morgan fingerprint density at radius 2 is 1.77 bits per heavy atom. The van der Waals surface area contributed by atoms with Crippen molar-refractivity contribution in [2.45, 2.75) is 31.8 Å². The highest BCUT2D eigenvalue weighted by atomic mass is 32.1. The number of amides is 1. The van der Waals surface area contributed by atoms with Gasteiger partial charge in [0, 0.05) is 29.2 Å². The highest BCUT2D eigenvalue weighted by Gasteiger charge is 2.33. The van der Waals surface area contributed by atoms with Crippen LogP contribution in [0.3, 0.4) is 0 Å². The second kappa shape index (κ2) is 12.2. The maximum Gasteiger partial charge on any atom is 0.253 e. The molecule has 0 fully saturated rings. The number of aryl methyl sites for hydroxylation is 1. The van der Waals surface area contributed by atoms with Gasteiger partial charge in [0.15, 0.2) is 0 Å². The molecular formula is C32H31N5O2S. The Morgan fingerprint density at radius 3 is 2.50 bits per heavy atom. The molecule has 0 spiro atoms. The maximum atomic E-state index is 13.2. The van der Waals surface area contributed by atoms with Crippen LogP contribution in [0.1, 0.15) is 44.5 Å². The Labute approximate surface area is 238 Å². The van der Waals surface area contributed by atoms with Crippen LogP contribution >= 0.6 is 11.3 Å². The standard InChI is InChI=1S/C32H31N5O2S/c1-23-22-40-28(34-23)21-37(2)30(38)27-17-9-16-26(19-27)29-35-36-31(39-29)32(33,20-25-13-7-4-8-14-25)18-10-15-24-11-5-3-6-12-24/h3-17,19,22H,18,20-21,33H2,1-2H3. The average molecular weight is 550 g/mol. The third-order valence-corrected chi connectivity index (χ3v) is 7.50. The number of hydrogen-bond donors (Lipinski definition) is 1. The molecule has 2 N–H and O–H groups in total. The van der Waals surface area contributed by atoms with E-state index in [4.69, 9.17) is 10.2 Å². The van der Waals surface area contributed by atoms with Crippen LogP contribution in [0, 0.1) is 6.92 Å². The lowest BCUT2D eigenvalue weighted by atomic mass is 9.88. The summed E-state index contributed by atoms with van der Waals surface area (Å²) in [6.07, 6.45) is 5.11. The first-order valence-electron chi connectivity index (χ1n) is 13.0. The molecule has 0 radical (unpaired) electrons. The second-order valence-corrected chi connectivity index (χ2v) is 10.8. The van der Waals surface area contributed by atoms with Crippen molar-refractivity contribution in [3.8, 4) is 11.5 Å². The molecule has 1 atom stereocenters. The van der Waals surface area contributed by atoms with E-state index in [0.29, 0.717) is 42.3 Å². The minimum atomic E-state index is -0.919. The molecule has 0 aliphatic heterocycles. The van der Waals surface area contributed by atoms with Crippen molar-refractivity contribution in [1.82, 2.24) is 20.1 Å². The molecule has 5 rings (SSSR count). The monoisotopic (exact) mass is 549 g/mol. The molecule has 0 aliphatic carbocycles. The van der Waals surface area contributed by atoms with Gasteiger partial charge in [-0.2, -0.15) is 0 Å². The third kappa shape index (κ3) is 6.59. The molecule has 0 saturated heterocycles. The van der Waals surface area contributed by atoms with E-state index >= 15 is 0 Å². The van der Waals surface area contributed by atoms with Gasteiger partial charge in [-0.3, -0.25) is 4.79 Å². The lowest BCUT2D eigenvalue weighted by molar-refractivity contribution is 0.0785. The first-order valence-corrected chi connectivity index (χ1v) is 13.9. The lowest BCUT2D eigenvalue weighted by Crippen LogP contribution is -2.39. The topological polar surface area (TPSA) is 98.1 Å². The quantitative estimate of drug-likeness (QED) is 0.220. The van der Waals surface area contributed by atoms with Gasteiger partial charge in [-0.1, -0.05) is 78.9 Å². The molecule has 5 aromatic rings. The summed E-state index contributed by atoms with van der Waals surface area (Å²) in [7, 11) is 1.77. The number of aromatic nitrogens is 3. The van der Waals surface area contributed by atoms with Gasteiger partial charge in [-0.15, -0.1) is 21.5 Å². The van der Waals surface area contributed by atoms with Crippen LogP contribution in [0.2, 0.25) is 0 Å². The summed E-state index contributed by atoms with van der Waals surface area (Å²) in [6, 6.07) is 27.3. The first kappa shape index (κ1) is 27.2. The van der Waals surface area contributed by atoms with Crippen LogP contribution in [0.5, 0.6) is 0 Å². The molecule has 40 heavy (non-hydrogen) atoms. The fraction of sp³-hybridized carbons (Fsp3) is 0.188. The molecule has 2 heterocycles. The van der Waals surface area contributed by atoms with E-state index < -0.39 is 5.54 Å². The zero-order valence-electron chi connectivity index (χ0n) is 22.5. The van der Waals surface area contributed by atoms with Crippen molar-refractivity contribution >= 4 is 23.3 Å². The zero-order chi connectivity index (χ0) is 28.0. The lowest BCUT2D eigenvalue weighted by Gasteiger charge is -2.24. The van der Waals surface area contributed by atoms with Crippen LogP contribution in [0.15, 0.2) is 101 Å². The molecule has 0 aliphatic rings. The number of hydrogen-bond acceptors (Lipinski definition) is 7. The highest BCUT2D eigenvalue weighted by molar-refractivity contribution is 7.09. The van der Waals surface area contributed by atoms with Gasteiger partial charge in [0.2, 0.25) is 11.8 Å². The molecule has 1 amide bonds. The predicted molar refractivity (Wildman–Crippen MR) is 158 cm³/mol. The fourth-order valence-corrected chi connectivity index (χ4v) is 5.29. The van der Waals surface area contributed by atoms with E-state index in [1.54, 1.807) is 35.4 Å². The fourth-order valence-electron chi connectivity index (χ4n) is 4.46. The highest BCUT2D eigenvalue weighted by Crippen LogP contribution is 2.30. The van der Waals surface area contributed by atoms with Crippen molar-refractivity contribution in [2.75, 3.05) is 7.05 Å². The van der Waals surface area contributed by atoms with Gasteiger partial charge < -0.3 is 15.1 Å². The van der Waals surface area contributed by atoms with Gasteiger partial charge in [0.1, 0.15) is 10.5 Å². The summed E-state index contributed by atoms with van der Waals surface area (Å²) >= 11 is 1.55. The minimum Gasteiger partial charge on any atom is -0.419 e. The second-order valence-electron chi connectivity index (χ2n) is 9.87. The molecule has 0 saturated carbocycles. The van der Waals surface area contributed by atoms with E-state index in [1.165, 1.54) is 0 Å². The summed E-state index contributed by atoms with van der Waals surface area (Å²) < 4.78 is 6.19. The summed E-state index contributed by atoms with van der Waals surface area (Å²) in [5.41, 5.74) is 10.4. The molecule has 8 heteroatoms. The van der Waals surface area contributed by atoms with Crippen LogP contribution in [0.25, 0.3) is 17.5 Å².